The van der Waals surface area contributed by atoms with Gasteiger partial charge in [-0.2, -0.15) is 4.98 Å². The molecule has 7 heteroatoms. The van der Waals surface area contributed by atoms with Crippen LogP contribution in [0.15, 0.2) is 62.0 Å². The maximum absolute atomic E-state index is 12.0. The van der Waals surface area contributed by atoms with Gasteiger partial charge in [-0.25, -0.2) is 0 Å². The van der Waals surface area contributed by atoms with Crippen LogP contribution in [-0.2, 0) is 6.54 Å². The van der Waals surface area contributed by atoms with Crippen molar-refractivity contribution in [2.75, 3.05) is 0 Å². The third kappa shape index (κ3) is 4.05. The molecule has 0 spiro atoms. The molecule has 0 unspecified atom stereocenters. The summed E-state index contributed by atoms with van der Waals surface area (Å²) in [6, 6.07) is 14.7. The Kier molecular flexibility index (Phi) is 4.88. The van der Waals surface area contributed by atoms with Crippen molar-refractivity contribution in [2.45, 2.75) is 6.54 Å². The molecule has 1 aromatic heterocycles. The van der Waals surface area contributed by atoms with Gasteiger partial charge in [0, 0.05) is 20.1 Å². The summed E-state index contributed by atoms with van der Waals surface area (Å²) in [7, 11) is 0. The monoisotopic (exact) mass is 435 g/mol. The van der Waals surface area contributed by atoms with Gasteiger partial charge in [0.15, 0.2) is 0 Å². The fourth-order valence-electron chi connectivity index (χ4n) is 1.93. The summed E-state index contributed by atoms with van der Waals surface area (Å²) >= 11 is 6.73. The van der Waals surface area contributed by atoms with E-state index in [2.05, 4.69) is 47.3 Å². The lowest BCUT2D eigenvalue weighted by Crippen LogP contribution is -2.22. The summed E-state index contributed by atoms with van der Waals surface area (Å²) in [5.41, 5.74) is 1.41. The van der Waals surface area contributed by atoms with Crippen LogP contribution in [0.2, 0.25) is 0 Å². The number of nitrogens with one attached hydrogen (secondary N) is 1. The van der Waals surface area contributed by atoms with Crippen LogP contribution in [0.3, 0.4) is 0 Å². The number of rotatable bonds is 4. The van der Waals surface area contributed by atoms with E-state index < -0.39 is 0 Å². The van der Waals surface area contributed by atoms with Gasteiger partial charge in [-0.3, -0.25) is 4.79 Å². The highest BCUT2D eigenvalue weighted by atomic mass is 79.9. The largest absolute Gasteiger partial charge is 0.343 e. The molecule has 23 heavy (non-hydrogen) atoms. The quantitative estimate of drug-likeness (QED) is 0.665. The molecule has 1 N–H and O–H groups in total. The Labute approximate surface area is 149 Å². The van der Waals surface area contributed by atoms with E-state index in [1.807, 2.05) is 36.4 Å². The summed E-state index contributed by atoms with van der Waals surface area (Å²) < 4.78 is 7.02. The Morgan fingerprint density at radius 3 is 2.61 bits per heavy atom. The Hall–Kier alpha value is -1.99. The first kappa shape index (κ1) is 15.9. The summed E-state index contributed by atoms with van der Waals surface area (Å²) in [6.07, 6.45) is 0. The normalized spacial score (nSPS) is 10.5. The van der Waals surface area contributed by atoms with Gasteiger partial charge in [-0.1, -0.05) is 49.1 Å². The van der Waals surface area contributed by atoms with Crippen molar-refractivity contribution in [2.24, 2.45) is 0 Å². The molecule has 1 heterocycles. The van der Waals surface area contributed by atoms with E-state index >= 15 is 0 Å². The number of benzene rings is 2. The zero-order valence-electron chi connectivity index (χ0n) is 11.8. The lowest BCUT2D eigenvalue weighted by molar-refractivity contribution is 0.0946. The summed E-state index contributed by atoms with van der Waals surface area (Å²) in [6.45, 7) is 0.176. The van der Waals surface area contributed by atoms with E-state index in [0.29, 0.717) is 17.3 Å². The molecule has 0 radical (unpaired) electrons. The highest BCUT2D eigenvalue weighted by Crippen LogP contribution is 2.20. The van der Waals surface area contributed by atoms with Crippen molar-refractivity contribution in [1.29, 1.82) is 0 Å². The number of aromatic nitrogens is 2. The highest BCUT2D eigenvalue weighted by molar-refractivity contribution is 9.10. The van der Waals surface area contributed by atoms with Crippen LogP contribution >= 0.6 is 31.9 Å². The predicted molar refractivity (Wildman–Crippen MR) is 92.7 cm³/mol. The van der Waals surface area contributed by atoms with E-state index in [-0.39, 0.29) is 12.5 Å². The standard InChI is InChI=1S/C16H11Br2N3O2/c17-12-6-4-10(5-7-12)16(22)19-9-14-20-15(21-23-14)11-2-1-3-13(18)8-11/h1-8H,9H2,(H,19,22). The highest BCUT2D eigenvalue weighted by Gasteiger charge is 2.11. The molecular formula is C16H11Br2N3O2. The van der Waals surface area contributed by atoms with E-state index in [4.69, 9.17) is 4.52 Å². The Morgan fingerprint density at radius 1 is 1.09 bits per heavy atom. The van der Waals surface area contributed by atoms with E-state index in [1.54, 1.807) is 12.1 Å². The van der Waals surface area contributed by atoms with Gasteiger partial charge in [-0.15, -0.1) is 0 Å². The van der Waals surface area contributed by atoms with Crippen molar-refractivity contribution in [3.8, 4) is 11.4 Å². The minimum Gasteiger partial charge on any atom is -0.343 e. The maximum atomic E-state index is 12.0. The molecule has 0 aliphatic carbocycles. The Bertz CT molecular complexity index is 831. The van der Waals surface area contributed by atoms with Crippen molar-refractivity contribution in [1.82, 2.24) is 15.5 Å². The minimum absolute atomic E-state index is 0.176. The molecular weight excluding hydrogens is 426 g/mol. The average molecular weight is 437 g/mol. The lowest BCUT2D eigenvalue weighted by atomic mass is 10.2. The minimum atomic E-state index is -0.195. The van der Waals surface area contributed by atoms with E-state index in [9.17, 15) is 4.79 Å². The number of carbonyl (C=O) groups is 1. The second-order valence-corrected chi connectivity index (χ2v) is 6.54. The third-order valence-corrected chi connectivity index (χ3v) is 4.08. The van der Waals surface area contributed by atoms with Crippen LogP contribution in [0.5, 0.6) is 0 Å². The SMILES string of the molecule is O=C(NCc1nc(-c2cccc(Br)c2)no1)c1ccc(Br)cc1. The number of hydrogen-bond acceptors (Lipinski definition) is 4. The van der Waals surface area contributed by atoms with Gasteiger partial charge in [0.2, 0.25) is 11.7 Å². The van der Waals surface area contributed by atoms with Crippen LogP contribution < -0.4 is 5.32 Å². The number of hydrogen-bond donors (Lipinski definition) is 1. The molecule has 3 rings (SSSR count). The molecule has 0 saturated heterocycles. The van der Waals surface area contributed by atoms with Crippen molar-refractivity contribution in [3.05, 3.63) is 68.9 Å². The third-order valence-electron chi connectivity index (χ3n) is 3.06. The average Bonchev–Trinajstić information content (AvgIpc) is 3.02. The molecule has 1 amide bonds. The van der Waals surface area contributed by atoms with Gasteiger partial charge in [0.05, 0.1) is 6.54 Å². The summed E-state index contributed by atoms with van der Waals surface area (Å²) in [4.78, 5) is 16.3. The predicted octanol–water partition coefficient (Wildman–Crippen LogP) is 4.19. The van der Waals surface area contributed by atoms with Crippen molar-refractivity contribution < 1.29 is 9.32 Å². The van der Waals surface area contributed by atoms with Gasteiger partial charge < -0.3 is 9.84 Å². The van der Waals surface area contributed by atoms with Gasteiger partial charge in [0.1, 0.15) is 0 Å². The first-order valence-electron chi connectivity index (χ1n) is 6.74. The van der Waals surface area contributed by atoms with Gasteiger partial charge in [0.25, 0.3) is 5.91 Å². The topological polar surface area (TPSA) is 68.0 Å². The van der Waals surface area contributed by atoms with Crippen LogP contribution in [0.4, 0.5) is 0 Å². The zero-order valence-corrected chi connectivity index (χ0v) is 15.0. The first-order chi connectivity index (χ1) is 11.1. The molecule has 2 aromatic carbocycles. The summed E-state index contributed by atoms with van der Waals surface area (Å²) in [5.74, 6) is 0.643. The second kappa shape index (κ2) is 7.06. The fraction of sp³-hybridized carbons (Fsp3) is 0.0625. The first-order valence-corrected chi connectivity index (χ1v) is 8.33. The number of carbonyl (C=O) groups excluding carboxylic acids is 1. The van der Waals surface area contributed by atoms with Crippen molar-refractivity contribution in [3.63, 3.8) is 0 Å². The molecule has 0 bridgehead atoms. The Balaban J connectivity index is 1.65. The number of nitrogens with zero attached hydrogens (tertiary/aromatic N) is 2. The Morgan fingerprint density at radius 2 is 1.87 bits per heavy atom. The van der Waals surface area contributed by atoms with Crippen LogP contribution in [0.1, 0.15) is 16.2 Å². The van der Waals surface area contributed by atoms with Crippen LogP contribution in [0.25, 0.3) is 11.4 Å². The maximum Gasteiger partial charge on any atom is 0.251 e. The number of halogens is 2. The van der Waals surface area contributed by atoms with Gasteiger partial charge in [-0.05, 0) is 36.4 Å². The fourth-order valence-corrected chi connectivity index (χ4v) is 2.59. The zero-order chi connectivity index (χ0) is 16.2. The van der Waals surface area contributed by atoms with Crippen LogP contribution in [0, 0.1) is 0 Å². The number of amides is 1. The van der Waals surface area contributed by atoms with E-state index in [0.717, 1.165) is 14.5 Å². The van der Waals surface area contributed by atoms with E-state index in [1.165, 1.54) is 0 Å². The molecule has 5 nitrogen and oxygen atoms in total. The molecule has 3 aromatic rings. The molecule has 0 fully saturated rings. The molecule has 0 saturated carbocycles. The molecule has 0 aliphatic rings. The molecule has 116 valence electrons. The van der Waals surface area contributed by atoms with Crippen molar-refractivity contribution >= 4 is 37.8 Å². The van der Waals surface area contributed by atoms with Crippen LogP contribution in [-0.4, -0.2) is 16.0 Å². The molecule has 0 aliphatic heterocycles. The smallest absolute Gasteiger partial charge is 0.251 e. The second-order valence-electron chi connectivity index (χ2n) is 4.71. The summed E-state index contributed by atoms with van der Waals surface area (Å²) in [5, 5.41) is 6.68. The van der Waals surface area contributed by atoms with Gasteiger partial charge >= 0.3 is 0 Å². The lowest BCUT2D eigenvalue weighted by Gasteiger charge is -2.02. The molecule has 0 atom stereocenters.